The molecule has 1 atom stereocenters. The lowest BCUT2D eigenvalue weighted by atomic mass is 10.0. The Kier molecular flexibility index (Phi) is 4.04. The molecule has 0 aromatic rings. The van der Waals surface area contributed by atoms with Crippen molar-refractivity contribution < 1.29 is 9.53 Å². The number of morpholine rings is 1. The van der Waals surface area contributed by atoms with Crippen molar-refractivity contribution in [2.45, 2.75) is 26.2 Å². The maximum absolute atomic E-state index is 12.1. The summed E-state index contributed by atoms with van der Waals surface area (Å²) in [6, 6.07) is 0.224. The molecule has 0 N–H and O–H groups in total. The summed E-state index contributed by atoms with van der Waals surface area (Å²) in [4.78, 5) is 16.1. The topological polar surface area (TPSA) is 32.8 Å². The Bertz CT molecular complexity index is 239. The molecule has 2 fully saturated rings. The average Bonchev–Trinajstić information content (AvgIpc) is 2.78. The lowest BCUT2D eigenvalue weighted by Crippen LogP contribution is -2.47. The molecule has 4 heteroatoms. The van der Waals surface area contributed by atoms with Crippen molar-refractivity contribution in [2.75, 3.05) is 39.4 Å². The SMILES string of the molecule is CCCC1CCN(C(=O)N2CCOCC2)C1. The van der Waals surface area contributed by atoms with E-state index >= 15 is 0 Å². The Morgan fingerprint density at radius 2 is 2.00 bits per heavy atom. The summed E-state index contributed by atoms with van der Waals surface area (Å²) in [6.45, 7) is 7.02. The zero-order valence-corrected chi connectivity index (χ0v) is 10.2. The molecular weight excluding hydrogens is 204 g/mol. The molecule has 2 heterocycles. The minimum absolute atomic E-state index is 0.224. The lowest BCUT2D eigenvalue weighted by molar-refractivity contribution is 0.0448. The summed E-state index contributed by atoms with van der Waals surface area (Å²) in [5.74, 6) is 0.731. The van der Waals surface area contributed by atoms with Crippen LogP contribution in [0.2, 0.25) is 0 Å². The molecule has 0 aromatic heterocycles. The average molecular weight is 226 g/mol. The first-order valence-corrected chi connectivity index (χ1v) is 6.43. The van der Waals surface area contributed by atoms with Gasteiger partial charge in [0.15, 0.2) is 0 Å². The highest BCUT2D eigenvalue weighted by Gasteiger charge is 2.29. The van der Waals surface area contributed by atoms with Gasteiger partial charge in [-0.15, -0.1) is 0 Å². The van der Waals surface area contributed by atoms with E-state index < -0.39 is 0 Å². The Hall–Kier alpha value is -0.770. The third kappa shape index (κ3) is 2.67. The van der Waals surface area contributed by atoms with Gasteiger partial charge in [-0.25, -0.2) is 4.79 Å². The molecule has 0 spiro atoms. The fourth-order valence-corrected chi connectivity index (χ4v) is 2.60. The van der Waals surface area contributed by atoms with Crippen LogP contribution in [0.15, 0.2) is 0 Å². The van der Waals surface area contributed by atoms with Gasteiger partial charge in [-0.05, 0) is 18.8 Å². The van der Waals surface area contributed by atoms with Crippen molar-refractivity contribution in [2.24, 2.45) is 5.92 Å². The Morgan fingerprint density at radius 3 is 2.69 bits per heavy atom. The minimum Gasteiger partial charge on any atom is -0.378 e. The smallest absolute Gasteiger partial charge is 0.320 e. The number of carbonyl (C=O) groups excluding carboxylic acids is 1. The molecule has 0 aromatic carbocycles. The summed E-state index contributed by atoms with van der Waals surface area (Å²) >= 11 is 0. The molecule has 4 nitrogen and oxygen atoms in total. The third-order valence-corrected chi connectivity index (χ3v) is 3.53. The molecule has 0 saturated carbocycles. The second kappa shape index (κ2) is 5.53. The van der Waals surface area contributed by atoms with Gasteiger partial charge in [-0.1, -0.05) is 13.3 Å². The molecule has 2 aliphatic rings. The first-order valence-electron chi connectivity index (χ1n) is 6.43. The van der Waals surface area contributed by atoms with E-state index in [1.165, 1.54) is 19.3 Å². The third-order valence-electron chi connectivity index (χ3n) is 3.53. The summed E-state index contributed by atoms with van der Waals surface area (Å²) in [7, 11) is 0. The van der Waals surface area contributed by atoms with Crippen molar-refractivity contribution in [3.05, 3.63) is 0 Å². The van der Waals surface area contributed by atoms with Crippen LogP contribution in [0.4, 0.5) is 4.79 Å². The molecule has 2 rings (SSSR count). The normalized spacial score (nSPS) is 26.2. The van der Waals surface area contributed by atoms with E-state index in [-0.39, 0.29) is 6.03 Å². The van der Waals surface area contributed by atoms with E-state index in [2.05, 4.69) is 6.92 Å². The number of ether oxygens (including phenoxy) is 1. The zero-order valence-electron chi connectivity index (χ0n) is 10.2. The quantitative estimate of drug-likeness (QED) is 0.716. The van der Waals surface area contributed by atoms with Gasteiger partial charge in [0.2, 0.25) is 0 Å². The van der Waals surface area contributed by atoms with Crippen molar-refractivity contribution >= 4 is 6.03 Å². The van der Waals surface area contributed by atoms with Gasteiger partial charge in [0.05, 0.1) is 13.2 Å². The van der Waals surface area contributed by atoms with E-state index in [0.29, 0.717) is 13.2 Å². The number of hydrogen-bond acceptors (Lipinski definition) is 2. The van der Waals surface area contributed by atoms with Crippen LogP contribution in [0, 0.1) is 5.92 Å². The van der Waals surface area contributed by atoms with Gasteiger partial charge >= 0.3 is 6.03 Å². The van der Waals surface area contributed by atoms with Crippen LogP contribution in [-0.4, -0.2) is 55.2 Å². The van der Waals surface area contributed by atoms with Crippen molar-refractivity contribution in [1.82, 2.24) is 9.80 Å². The van der Waals surface area contributed by atoms with Gasteiger partial charge in [0.25, 0.3) is 0 Å². The fourth-order valence-electron chi connectivity index (χ4n) is 2.60. The van der Waals surface area contributed by atoms with Crippen molar-refractivity contribution in [3.8, 4) is 0 Å². The van der Waals surface area contributed by atoms with E-state index in [9.17, 15) is 4.79 Å². The Morgan fingerprint density at radius 1 is 1.25 bits per heavy atom. The molecule has 0 bridgehead atoms. The molecule has 0 radical (unpaired) electrons. The number of carbonyl (C=O) groups is 1. The summed E-state index contributed by atoms with van der Waals surface area (Å²) in [5, 5.41) is 0. The van der Waals surface area contributed by atoms with Gasteiger partial charge in [0, 0.05) is 26.2 Å². The minimum atomic E-state index is 0.224. The van der Waals surface area contributed by atoms with Gasteiger partial charge < -0.3 is 14.5 Å². The standard InChI is InChI=1S/C12H22N2O2/c1-2-3-11-4-5-14(10-11)12(15)13-6-8-16-9-7-13/h11H,2-10H2,1H3. The van der Waals surface area contributed by atoms with Crippen LogP contribution in [0.1, 0.15) is 26.2 Å². The number of likely N-dealkylation sites (tertiary alicyclic amines) is 1. The van der Waals surface area contributed by atoms with Gasteiger partial charge in [0.1, 0.15) is 0 Å². The highest BCUT2D eigenvalue weighted by Crippen LogP contribution is 2.22. The van der Waals surface area contributed by atoms with Crippen LogP contribution >= 0.6 is 0 Å². The predicted molar refractivity (Wildman–Crippen MR) is 62.4 cm³/mol. The Balaban J connectivity index is 1.81. The highest BCUT2D eigenvalue weighted by molar-refractivity contribution is 5.74. The summed E-state index contributed by atoms with van der Waals surface area (Å²) < 4.78 is 5.26. The first kappa shape index (κ1) is 11.7. The molecular formula is C12H22N2O2. The molecule has 16 heavy (non-hydrogen) atoms. The number of nitrogens with zero attached hydrogens (tertiary/aromatic N) is 2. The monoisotopic (exact) mass is 226 g/mol. The van der Waals surface area contributed by atoms with Crippen LogP contribution < -0.4 is 0 Å². The highest BCUT2D eigenvalue weighted by atomic mass is 16.5. The second-order valence-electron chi connectivity index (χ2n) is 4.77. The van der Waals surface area contributed by atoms with E-state index in [4.69, 9.17) is 4.74 Å². The van der Waals surface area contributed by atoms with Crippen molar-refractivity contribution in [3.63, 3.8) is 0 Å². The Labute approximate surface area is 97.5 Å². The molecule has 1 unspecified atom stereocenters. The molecule has 2 aliphatic heterocycles. The maximum Gasteiger partial charge on any atom is 0.320 e. The van der Waals surface area contributed by atoms with E-state index in [0.717, 1.165) is 32.1 Å². The molecule has 2 saturated heterocycles. The number of rotatable bonds is 2. The first-order chi connectivity index (χ1) is 7.81. The van der Waals surface area contributed by atoms with Crippen LogP contribution in [-0.2, 0) is 4.74 Å². The number of urea groups is 1. The maximum atomic E-state index is 12.1. The van der Waals surface area contributed by atoms with Gasteiger partial charge in [-0.3, -0.25) is 0 Å². The van der Waals surface area contributed by atoms with E-state index in [1.54, 1.807) is 0 Å². The molecule has 92 valence electrons. The van der Waals surface area contributed by atoms with Crippen molar-refractivity contribution in [1.29, 1.82) is 0 Å². The molecule has 2 amide bonds. The summed E-state index contributed by atoms with van der Waals surface area (Å²) in [6.07, 6.45) is 3.67. The largest absolute Gasteiger partial charge is 0.378 e. The van der Waals surface area contributed by atoms with E-state index in [1.807, 2.05) is 9.80 Å². The summed E-state index contributed by atoms with van der Waals surface area (Å²) in [5.41, 5.74) is 0. The predicted octanol–water partition coefficient (Wildman–Crippen LogP) is 1.56. The molecule has 0 aliphatic carbocycles. The fraction of sp³-hybridized carbons (Fsp3) is 0.917. The second-order valence-corrected chi connectivity index (χ2v) is 4.77. The van der Waals surface area contributed by atoms with Gasteiger partial charge in [-0.2, -0.15) is 0 Å². The van der Waals surface area contributed by atoms with Crippen LogP contribution in [0.25, 0.3) is 0 Å². The number of hydrogen-bond donors (Lipinski definition) is 0. The van der Waals surface area contributed by atoms with Crippen LogP contribution in [0.5, 0.6) is 0 Å². The zero-order chi connectivity index (χ0) is 11.4. The van der Waals surface area contributed by atoms with Crippen LogP contribution in [0.3, 0.4) is 0 Å². The number of amides is 2. The lowest BCUT2D eigenvalue weighted by Gasteiger charge is -2.31.